The van der Waals surface area contributed by atoms with E-state index in [0.29, 0.717) is 5.69 Å². The van der Waals surface area contributed by atoms with Gasteiger partial charge in [-0.05, 0) is 43.5 Å². The Kier molecular flexibility index (Phi) is 5.17. The molecule has 0 amide bonds. The van der Waals surface area contributed by atoms with E-state index >= 15 is 0 Å². The summed E-state index contributed by atoms with van der Waals surface area (Å²) in [6.45, 7) is 3.68. The summed E-state index contributed by atoms with van der Waals surface area (Å²) < 4.78 is 48.4. The van der Waals surface area contributed by atoms with Gasteiger partial charge in [0.05, 0.1) is 10.6 Å². The molecule has 1 aromatic carbocycles. The van der Waals surface area contributed by atoms with Crippen molar-refractivity contribution in [2.75, 3.05) is 24.3 Å². The predicted octanol–water partition coefficient (Wildman–Crippen LogP) is 0.599. The van der Waals surface area contributed by atoms with Gasteiger partial charge in [0.25, 0.3) is 0 Å². The monoisotopic (exact) mass is 320 g/mol. The molecule has 0 spiro atoms. The molecule has 0 saturated heterocycles. The maximum absolute atomic E-state index is 12.1. The molecular formula is C12H20N2O4S2. The summed E-state index contributed by atoms with van der Waals surface area (Å²) in [4.78, 5) is 0.0949. The maximum atomic E-state index is 12.1. The highest BCUT2D eigenvalue weighted by Crippen LogP contribution is 2.21. The van der Waals surface area contributed by atoms with Crippen LogP contribution in [0.3, 0.4) is 0 Å². The molecule has 6 nitrogen and oxygen atoms in total. The average Bonchev–Trinajstić information content (AvgIpc) is 2.30. The average molecular weight is 320 g/mol. The number of sulfone groups is 1. The predicted molar refractivity (Wildman–Crippen MR) is 79.8 cm³/mol. The normalized spacial score (nSPS) is 12.6. The Bertz CT molecular complexity index is 671. The van der Waals surface area contributed by atoms with Crippen molar-refractivity contribution in [1.29, 1.82) is 0 Å². The van der Waals surface area contributed by atoms with E-state index in [1.54, 1.807) is 13.0 Å². The molecule has 1 aromatic rings. The van der Waals surface area contributed by atoms with Crippen molar-refractivity contribution in [1.82, 2.24) is 4.72 Å². The van der Waals surface area contributed by atoms with E-state index < -0.39 is 19.9 Å². The standard InChI is InChI=1S/C12H20N2O4S2/c1-9-7-11(8-12(13)10(9)2)20(17,18)14-5-4-6-19(3,15)16/h7-8,14H,4-6,13H2,1-3H3. The Morgan fingerprint density at radius 1 is 1.15 bits per heavy atom. The summed E-state index contributed by atoms with van der Waals surface area (Å²) in [5, 5.41) is 0. The van der Waals surface area contributed by atoms with Gasteiger partial charge in [-0.15, -0.1) is 0 Å². The molecule has 0 radical (unpaired) electrons. The Balaban J connectivity index is 2.80. The summed E-state index contributed by atoms with van der Waals surface area (Å²) in [7, 11) is -6.74. The first-order valence-corrected chi connectivity index (χ1v) is 9.61. The fourth-order valence-electron chi connectivity index (χ4n) is 1.63. The highest BCUT2D eigenvalue weighted by atomic mass is 32.2. The van der Waals surface area contributed by atoms with Crippen LogP contribution in [0.2, 0.25) is 0 Å². The van der Waals surface area contributed by atoms with Gasteiger partial charge in [0.2, 0.25) is 10.0 Å². The van der Waals surface area contributed by atoms with Crippen LogP contribution in [-0.4, -0.2) is 35.4 Å². The van der Waals surface area contributed by atoms with E-state index in [-0.39, 0.29) is 23.6 Å². The minimum Gasteiger partial charge on any atom is -0.398 e. The molecule has 0 aliphatic carbocycles. The summed E-state index contributed by atoms with van der Waals surface area (Å²) in [6, 6.07) is 2.95. The number of aryl methyl sites for hydroxylation is 1. The quantitative estimate of drug-likeness (QED) is 0.589. The van der Waals surface area contributed by atoms with Crippen LogP contribution in [0.5, 0.6) is 0 Å². The number of nitrogens with two attached hydrogens (primary N) is 1. The molecule has 0 fully saturated rings. The van der Waals surface area contributed by atoms with Crippen molar-refractivity contribution >= 4 is 25.5 Å². The summed E-state index contributed by atoms with van der Waals surface area (Å²) in [5.74, 6) is -0.0510. The molecule has 0 atom stereocenters. The highest BCUT2D eigenvalue weighted by molar-refractivity contribution is 7.90. The molecule has 0 aliphatic rings. The molecule has 0 bridgehead atoms. The zero-order chi connectivity index (χ0) is 15.6. The molecule has 0 heterocycles. The van der Waals surface area contributed by atoms with Gasteiger partial charge in [-0.2, -0.15) is 0 Å². The van der Waals surface area contributed by atoms with Crippen LogP contribution in [0.15, 0.2) is 17.0 Å². The van der Waals surface area contributed by atoms with E-state index in [9.17, 15) is 16.8 Å². The first-order chi connectivity index (χ1) is 9.03. The number of benzene rings is 1. The van der Waals surface area contributed by atoms with Crippen molar-refractivity contribution in [2.24, 2.45) is 0 Å². The number of nitrogen functional groups attached to an aromatic ring is 1. The Morgan fingerprint density at radius 3 is 2.25 bits per heavy atom. The van der Waals surface area contributed by atoms with Crippen molar-refractivity contribution in [3.63, 3.8) is 0 Å². The first kappa shape index (κ1) is 16.9. The lowest BCUT2D eigenvalue weighted by Crippen LogP contribution is -2.26. The zero-order valence-corrected chi connectivity index (χ0v) is 13.4. The van der Waals surface area contributed by atoms with E-state index in [0.717, 1.165) is 17.4 Å². The molecule has 114 valence electrons. The third-order valence-corrected chi connectivity index (χ3v) is 5.45. The van der Waals surface area contributed by atoms with E-state index in [1.807, 2.05) is 6.92 Å². The third-order valence-electron chi connectivity index (χ3n) is 2.98. The SMILES string of the molecule is Cc1cc(S(=O)(=O)NCCCS(C)(=O)=O)cc(N)c1C. The molecule has 20 heavy (non-hydrogen) atoms. The van der Waals surface area contributed by atoms with Gasteiger partial charge in [0, 0.05) is 18.5 Å². The van der Waals surface area contributed by atoms with Crippen molar-refractivity contribution in [3.8, 4) is 0 Å². The van der Waals surface area contributed by atoms with Gasteiger partial charge < -0.3 is 5.73 Å². The highest BCUT2D eigenvalue weighted by Gasteiger charge is 2.16. The fraction of sp³-hybridized carbons (Fsp3) is 0.500. The van der Waals surface area contributed by atoms with Crippen molar-refractivity contribution < 1.29 is 16.8 Å². The second kappa shape index (κ2) is 6.11. The Morgan fingerprint density at radius 2 is 1.75 bits per heavy atom. The first-order valence-electron chi connectivity index (χ1n) is 6.07. The lowest BCUT2D eigenvalue weighted by Gasteiger charge is -2.10. The molecule has 0 aromatic heterocycles. The molecule has 1 rings (SSSR count). The Hall–Kier alpha value is -1.12. The summed E-state index contributed by atoms with van der Waals surface area (Å²) in [5.41, 5.74) is 7.82. The van der Waals surface area contributed by atoms with Crippen LogP contribution in [0.4, 0.5) is 5.69 Å². The van der Waals surface area contributed by atoms with Crippen LogP contribution in [-0.2, 0) is 19.9 Å². The van der Waals surface area contributed by atoms with E-state index in [1.165, 1.54) is 6.07 Å². The largest absolute Gasteiger partial charge is 0.398 e. The summed E-state index contributed by atoms with van der Waals surface area (Å²) in [6.07, 6.45) is 1.35. The lowest BCUT2D eigenvalue weighted by atomic mass is 10.1. The van der Waals surface area contributed by atoms with Crippen LogP contribution in [0.1, 0.15) is 17.5 Å². The maximum Gasteiger partial charge on any atom is 0.240 e. The smallest absolute Gasteiger partial charge is 0.240 e. The molecule has 8 heteroatoms. The molecule has 3 N–H and O–H groups in total. The second-order valence-electron chi connectivity index (χ2n) is 4.84. The van der Waals surface area contributed by atoms with Crippen LogP contribution in [0.25, 0.3) is 0 Å². The number of sulfonamides is 1. The minimum atomic E-state index is -3.66. The summed E-state index contributed by atoms with van der Waals surface area (Å²) >= 11 is 0. The van der Waals surface area contributed by atoms with Gasteiger partial charge in [0.1, 0.15) is 9.84 Å². The third kappa shape index (κ3) is 4.77. The van der Waals surface area contributed by atoms with Gasteiger partial charge in [-0.25, -0.2) is 21.6 Å². The van der Waals surface area contributed by atoms with Crippen LogP contribution in [0, 0.1) is 13.8 Å². The molecule has 0 saturated carbocycles. The number of hydrogen-bond donors (Lipinski definition) is 2. The molecule has 0 unspecified atom stereocenters. The second-order valence-corrected chi connectivity index (χ2v) is 8.86. The van der Waals surface area contributed by atoms with Gasteiger partial charge >= 0.3 is 0 Å². The molecular weight excluding hydrogens is 300 g/mol. The van der Waals surface area contributed by atoms with Crippen molar-refractivity contribution in [3.05, 3.63) is 23.3 Å². The topological polar surface area (TPSA) is 106 Å². The van der Waals surface area contributed by atoms with Crippen LogP contribution < -0.4 is 10.5 Å². The van der Waals surface area contributed by atoms with Gasteiger partial charge in [-0.1, -0.05) is 0 Å². The van der Waals surface area contributed by atoms with Gasteiger partial charge in [-0.3, -0.25) is 0 Å². The number of hydrogen-bond acceptors (Lipinski definition) is 5. The van der Waals surface area contributed by atoms with Crippen molar-refractivity contribution in [2.45, 2.75) is 25.2 Å². The van der Waals surface area contributed by atoms with Gasteiger partial charge in [0.15, 0.2) is 0 Å². The van der Waals surface area contributed by atoms with Crippen LogP contribution >= 0.6 is 0 Å². The fourth-order valence-corrected chi connectivity index (χ4v) is 3.49. The van der Waals surface area contributed by atoms with E-state index in [2.05, 4.69) is 4.72 Å². The minimum absolute atomic E-state index is 0.0510. The zero-order valence-electron chi connectivity index (χ0n) is 11.8. The number of rotatable bonds is 6. The lowest BCUT2D eigenvalue weighted by molar-refractivity contribution is 0.577. The molecule has 0 aliphatic heterocycles. The number of nitrogens with one attached hydrogen (secondary N) is 1. The number of anilines is 1. The Labute approximate surface area is 120 Å². The van der Waals surface area contributed by atoms with E-state index in [4.69, 9.17) is 5.73 Å².